The standard InChI is InChI=1S/C9H20N2O3/c1-8(2)14-7-5-11-9(12)10-4-6-13-3/h8H,4-7H2,1-3H3,(H2,10,11,12). The molecule has 0 unspecified atom stereocenters. The first-order valence-electron chi connectivity index (χ1n) is 4.79. The van der Waals surface area contributed by atoms with Gasteiger partial charge in [0.15, 0.2) is 0 Å². The minimum Gasteiger partial charge on any atom is -0.383 e. The smallest absolute Gasteiger partial charge is 0.314 e. The molecule has 0 spiro atoms. The Bertz CT molecular complexity index is 151. The van der Waals surface area contributed by atoms with E-state index in [0.29, 0.717) is 26.3 Å². The highest BCUT2D eigenvalue weighted by atomic mass is 16.5. The van der Waals surface area contributed by atoms with Crippen LogP contribution in [0, 0.1) is 0 Å². The van der Waals surface area contributed by atoms with Crippen molar-refractivity contribution in [3.63, 3.8) is 0 Å². The Hall–Kier alpha value is -0.810. The molecule has 0 aliphatic rings. The van der Waals surface area contributed by atoms with Crippen LogP contribution < -0.4 is 10.6 Å². The maximum absolute atomic E-state index is 11.0. The van der Waals surface area contributed by atoms with E-state index in [4.69, 9.17) is 9.47 Å². The number of carbonyl (C=O) groups excluding carboxylic acids is 1. The maximum atomic E-state index is 11.0. The van der Waals surface area contributed by atoms with E-state index in [0.717, 1.165) is 0 Å². The van der Waals surface area contributed by atoms with E-state index >= 15 is 0 Å². The summed E-state index contributed by atoms with van der Waals surface area (Å²) < 4.78 is 10.0. The lowest BCUT2D eigenvalue weighted by atomic mass is 10.5. The van der Waals surface area contributed by atoms with Crippen LogP contribution in [0.25, 0.3) is 0 Å². The molecule has 84 valence electrons. The third-order valence-electron chi connectivity index (χ3n) is 1.43. The van der Waals surface area contributed by atoms with Gasteiger partial charge in [-0.3, -0.25) is 0 Å². The van der Waals surface area contributed by atoms with Gasteiger partial charge in [-0.2, -0.15) is 0 Å². The molecule has 0 aromatic carbocycles. The molecule has 0 aromatic heterocycles. The van der Waals surface area contributed by atoms with Gasteiger partial charge in [0.1, 0.15) is 0 Å². The Morgan fingerprint density at radius 3 is 2.29 bits per heavy atom. The van der Waals surface area contributed by atoms with Crippen molar-refractivity contribution >= 4 is 6.03 Å². The zero-order valence-corrected chi connectivity index (χ0v) is 9.13. The lowest BCUT2D eigenvalue weighted by Crippen LogP contribution is -2.39. The molecule has 2 amide bonds. The zero-order valence-electron chi connectivity index (χ0n) is 9.13. The highest BCUT2D eigenvalue weighted by Gasteiger charge is 1.98. The van der Waals surface area contributed by atoms with Gasteiger partial charge in [-0.15, -0.1) is 0 Å². The van der Waals surface area contributed by atoms with Gasteiger partial charge >= 0.3 is 6.03 Å². The first-order valence-corrected chi connectivity index (χ1v) is 4.79. The van der Waals surface area contributed by atoms with Crippen molar-refractivity contribution in [1.82, 2.24) is 10.6 Å². The summed E-state index contributed by atoms with van der Waals surface area (Å²) in [6.45, 7) is 6.02. The number of rotatable bonds is 7. The summed E-state index contributed by atoms with van der Waals surface area (Å²) in [5.41, 5.74) is 0. The van der Waals surface area contributed by atoms with Crippen molar-refractivity contribution in [3.8, 4) is 0 Å². The molecule has 0 saturated carbocycles. The van der Waals surface area contributed by atoms with Gasteiger partial charge in [-0.1, -0.05) is 0 Å². The van der Waals surface area contributed by atoms with Gasteiger partial charge in [0.2, 0.25) is 0 Å². The molecule has 0 radical (unpaired) electrons. The average Bonchev–Trinajstić information content (AvgIpc) is 2.13. The molecule has 5 nitrogen and oxygen atoms in total. The van der Waals surface area contributed by atoms with Crippen LogP contribution >= 0.6 is 0 Å². The molecule has 0 heterocycles. The Kier molecular flexibility index (Phi) is 8.27. The number of ether oxygens (including phenoxy) is 2. The van der Waals surface area contributed by atoms with Crippen molar-refractivity contribution in [1.29, 1.82) is 0 Å². The molecule has 0 atom stereocenters. The summed E-state index contributed by atoms with van der Waals surface area (Å²) >= 11 is 0. The second-order valence-electron chi connectivity index (χ2n) is 3.10. The average molecular weight is 204 g/mol. The van der Waals surface area contributed by atoms with Crippen molar-refractivity contribution in [2.75, 3.05) is 33.4 Å². The molecule has 0 rings (SSSR count). The first kappa shape index (κ1) is 13.2. The Morgan fingerprint density at radius 1 is 1.21 bits per heavy atom. The molecular formula is C9H20N2O3. The van der Waals surface area contributed by atoms with Crippen LogP contribution in [0.3, 0.4) is 0 Å². The quantitative estimate of drug-likeness (QED) is 0.588. The summed E-state index contributed by atoms with van der Waals surface area (Å²) in [5.74, 6) is 0. The topological polar surface area (TPSA) is 59.6 Å². The third-order valence-corrected chi connectivity index (χ3v) is 1.43. The number of carbonyl (C=O) groups is 1. The highest BCUT2D eigenvalue weighted by Crippen LogP contribution is 1.84. The van der Waals surface area contributed by atoms with Gasteiger partial charge in [0.05, 0.1) is 19.3 Å². The van der Waals surface area contributed by atoms with E-state index in [1.165, 1.54) is 0 Å². The van der Waals surface area contributed by atoms with E-state index < -0.39 is 0 Å². The molecule has 0 fully saturated rings. The van der Waals surface area contributed by atoms with Crippen molar-refractivity contribution in [2.45, 2.75) is 20.0 Å². The van der Waals surface area contributed by atoms with Gasteiger partial charge in [0.25, 0.3) is 0 Å². The first-order chi connectivity index (χ1) is 6.66. The summed E-state index contributed by atoms with van der Waals surface area (Å²) in [6.07, 6.45) is 0.202. The van der Waals surface area contributed by atoms with Gasteiger partial charge < -0.3 is 20.1 Å². The molecule has 2 N–H and O–H groups in total. The maximum Gasteiger partial charge on any atom is 0.314 e. The van der Waals surface area contributed by atoms with Crippen LogP contribution in [0.4, 0.5) is 4.79 Å². The van der Waals surface area contributed by atoms with Crippen LogP contribution in [-0.4, -0.2) is 45.5 Å². The number of hydrogen-bond donors (Lipinski definition) is 2. The fourth-order valence-electron chi connectivity index (χ4n) is 0.788. The summed E-state index contributed by atoms with van der Waals surface area (Å²) in [5, 5.41) is 5.31. The molecule has 5 heteroatoms. The van der Waals surface area contributed by atoms with Crippen LogP contribution in [0.15, 0.2) is 0 Å². The number of amides is 2. The van der Waals surface area contributed by atoms with Crippen LogP contribution in [0.5, 0.6) is 0 Å². The lowest BCUT2D eigenvalue weighted by Gasteiger charge is -2.09. The number of urea groups is 1. The summed E-state index contributed by atoms with van der Waals surface area (Å²) in [6, 6.07) is -0.186. The Labute approximate surface area is 85.1 Å². The molecule has 0 saturated heterocycles. The number of methoxy groups -OCH3 is 1. The molecule has 0 bridgehead atoms. The van der Waals surface area contributed by atoms with Crippen molar-refractivity contribution < 1.29 is 14.3 Å². The summed E-state index contributed by atoms with van der Waals surface area (Å²) in [4.78, 5) is 11.0. The third kappa shape index (κ3) is 9.28. The second-order valence-corrected chi connectivity index (χ2v) is 3.10. The Balaban J connectivity index is 3.18. The van der Waals surface area contributed by atoms with E-state index in [1.54, 1.807) is 7.11 Å². The highest BCUT2D eigenvalue weighted by molar-refractivity contribution is 5.73. The Morgan fingerprint density at radius 2 is 1.79 bits per heavy atom. The molecule has 0 aliphatic heterocycles. The van der Waals surface area contributed by atoms with Crippen LogP contribution in [-0.2, 0) is 9.47 Å². The largest absolute Gasteiger partial charge is 0.383 e. The fourth-order valence-corrected chi connectivity index (χ4v) is 0.788. The van der Waals surface area contributed by atoms with E-state index in [9.17, 15) is 4.79 Å². The monoisotopic (exact) mass is 204 g/mol. The molecular weight excluding hydrogens is 184 g/mol. The van der Waals surface area contributed by atoms with E-state index in [-0.39, 0.29) is 12.1 Å². The second kappa shape index (κ2) is 8.77. The summed E-state index contributed by atoms with van der Waals surface area (Å²) in [7, 11) is 1.59. The van der Waals surface area contributed by atoms with Gasteiger partial charge in [0, 0.05) is 20.2 Å². The predicted molar refractivity (Wildman–Crippen MR) is 54.4 cm³/mol. The zero-order chi connectivity index (χ0) is 10.8. The van der Waals surface area contributed by atoms with E-state index in [2.05, 4.69) is 10.6 Å². The van der Waals surface area contributed by atoms with Crippen molar-refractivity contribution in [3.05, 3.63) is 0 Å². The minimum absolute atomic E-state index is 0.186. The van der Waals surface area contributed by atoms with Gasteiger partial charge in [-0.25, -0.2) is 4.79 Å². The predicted octanol–water partition coefficient (Wildman–Crippen LogP) is 0.357. The minimum atomic E-state index is -0.186. The van der Waals surface area contributed by atoms with Gasteiger partial charge in [-0.05, 0) is 13.8 Å². The molecule has 14 heavy (non-hydrogen) atoms. The van der Waals surface area contributed by atoms with E-state index in [1.807, 2.05) is 13.8 Å². The van der Waals surface area contributed by atoms with Crippen LogP contribution in [0.1, 0.15) is 13.8 Å². The number of hydrogen-bond acceptors (Lipinski definition) is 3. The SMILES string of the molecule is COCCNC(=O)NCCOC(C)C. The lowest BCUT2D eigenvalue weighted by molar-refractivity contribution is 0.0817. The fraction of sp³-hybridized carbons (Fsp3) is 0.889. The normalized spacial score (nSPS) is 10.3. The molecule has 0 aliphatic carbocycles. The van der Waals surface area contributed by atoms with Crippen molar-refractivity contribution in [2.24, 2.45) is 0 Å². The van der Waals surface area contributed by atoms with Crippen LogP contribution in [0.2, 0.25) is 0 Å². The molecule has 0 aromatic rings. The number of nitrogens with one attached hydrogen (secondary N) is 2.